The van der Waals surface area contributed by atoms with E-state index in [1.165, 1.54) is 25.6 Å². The van der Waals surface area contributed by atoms with E-state index in [9.17, 15) is 4.79 Å². The summed E-state index contributed by atoms with van der Waals surface area (Å²) in [6.45, 7) is 1.75. The lowest BCUT2D eigenvalue weighted by atomic mass is 10.0. The summed E-state index contributed by atoms with van der Waals surface area (Å²) >= 11 is 0. The van der Waals surface area contributed by atoms with Crippen molar-refractivity contribution >= 4 is 16.8 Å². The average molecular weight is 416 g/mol. The maximum Gasteiger partial charge on any atom is 0.251 e. The number of nitrogens with one attached hydrogen (secondary N) is 4. The molecule has 4 aromatic rings. The predicted octanol–water partition coefficient (Wildman–Crippen LogP) is 3.28. The second-order valence-electron chi connectivity index (χ2n) is 7.94. The highest BCUT2D eigenvalue weighted by molar-refractivity contribution is 5.98. The lowest BCUT2D eigenvalue weighted by Gasteiger charge is -2.23. The van der Waals surface area contributed by atoms with E-state index in [0.717, 1.165) is 40.7 Å². The van der Waals surface area contributed by atoms with Crippen molar-refractivity contribution in [3.8, 4) is 22.6 Å². The zero-order valence-electron chi connectivity index (χ0n) is 17.2. The van der Waals surface area contributed by atoms with E-state index in [1.54, 1.807) is 0 Å². The van der Waals surface area contributed by atoms with Crippen molar-refractivity contribution in [1.29, 1.82) is 0 Å². The molecule has 2 aromatic carbocycles. The molecule has 1 aliphatic rings. The van der Waals surface area contributed by atoms with Crippen molar-refractivity contribution in [2.45, 2.75) is 31.7 Å². The molecule has 1 unspecified atom stereocenters. The fourth-order valence-electron chi connectivity index (χ4n) is 4.17. The van der Waals surface area contributed by atoms with Gasteiger partial charge in [0.05, 0.1) is 11.2 Å². The Morgan fingerprint density at radius 2 is 2.06 bits per heavy atom. The monoisotopic (exact) mass is 415 g/mol. The van der Waals surface area contributed by atoms with Crippen LogP contribution in [0.15, 0.2) is 48.8 Å². The van der Waals surface area contributed by atoms with Crippen molar-refractivity contribution in [2.24, 2.45) is 0 Å². The zero-order chi connectivity index (χ0) is 21.0. The molecule has 4 N–H and O–H groups in total. The van der Waals surface area contributed by atoms with Gasteiger partial charge in [0.25, 0.3) is 5.91 Å². The van der Waals surface area contributed by atoms with Crippen molar-refractivity contribution in [1.82, 2.24) is 36.0 Å². The highest BCUT2D eigenvalue weighted by Crippen LogP contribution is 2.29. The van der Waals surface area contributed by atoms with Crippen LogP contribution in [-0.4, -0.2) is 50.4 Å². The molecule has 0 spiro atoms. The summed E-state index contributed by atoms with van der Waals surface area (Å²) in [7, 11) is 0. The third-order valence-corrected chi connectivity index (χ3v) is 5.84. The topological polar surface area (TPSA) is 111 Å². The Hall–Kier alpha value is -3.52. The summed E-state index contributed by atoms with van der Waals surface area (Å²) in [6.07, 6.45) is 6.15. The summed E-state index contributed by atoms with van der Waals surface area (Å²) in [4.78, 5) is 16.9. The number of carbonyl (C=O) groups is 1. The first kappa shape index (κ1) is 19.4. The minimum atomic E-state index is -0.0557. The minimum Gasteiger partial charge on any atom is -0.352 e. The van der Waals surface area contributed by atoms with Crippen LogP contribution in [0.25, 0.3) is 33.5 Å². The van der Waals surface area contributed by atoms with Gasteiger partial charge >= 0.3 is 0 Å². The molecular weight excluding hydrogens is 390 g/mol. The van der Waals surface area contributed by atoms with Crippen LogP contribution in [0.2, 0.25) is 0 Å². The Bertz CT molecular complexity index is 1180. The number of fused-ring (bicyclic) bond motifs is 1. The predicted molar refractivity (Wildman–Crippen MR) is 119 cm³/mol. The molecule has 0 saturated carbocycles. The van der Waals surface area contributed by atoms with Crippen LogP contribution in [0.1, 0.15) is 36.0 Å². The van der Waals surface area contributed by atoms with Crippen LogP contribution in [0.4, 0.5) is 0 Å². The molecule has 158 valence electrons. The van der Waals surface area contributed by atoms with Gasteiger partial charge in [0.2, 0.25) is 0 Å². The summed E-state index contributed by atoms with van der Waals surface area (Å²) in [5.41, 5.74) is 4.18. The van der Waals surface area contributed by atoms with Crippen LogP contribution in [0.5, 0.6) is 0 Å². The highest BCUT2D eigenvalue weighted by atomic mass is 16.1. The molecule has 0 bridgehead atoms. The Kier molecular flexibility index (Phi) is 5.45. The van der Waals surface area contributed by atoms with Crippen molar-refractivity contribution in [3.05, 3.63) is 54.4 Å². The van der Waals surface area contributed by atoms with Crippen molar-refractivity contribution in [2.75, 3.05) is 13.1 Å². The molecule has 31 heavy (non-hydrogen) atoms. The second-order valence-corrected chi connectivity index (χ2v) is 7.94. The Morgan fingerprint density at radius 1 is 1.10 bits per heavy atom. The van der Waals surface area contributed by atoms with E-state index >= 15 is 0 Å². The highest BCUT2D eigenvalue weighted by Gasteiger charge is 2.15. The normalized spacial score (nSPS) is 16.5. The van der Waals surface area contributed by atoms with Gasteiger partial charge in [0, 0.05) is 34.7 Å². The molecule has 5 rings (SSSR count). The zero-order valence-corrected chi connectivity index (χ0v) is 17.2. The molecule has 8 nitrogen and oxygen atoms in total. The van der Waals surface area contributed by atoms with Crippen molar-refractivity contribution < 1.29 is 4.79 Å². The number of H-pyrrole nitrogens is 2. The smallest absolute Gasteiger partial charge is 0.251 e. The van der Waals surface area contributed by atoms with Crippen LogP contribution in [0.3, 0.4) is 0 Å². The van der Waals surface area contributed by atoms with Gasteiger partial charge in [-0.25, -0.2) is 4.98 Å². The lowest BCUT2D eigenvalue weighted by Crippen LogP contribution is -2.37. The molecule has 0 radical (unpaired) electrons. The van der Waals surface area contributed by atoms with E-state index in [0.29, 0.717) is 24.0 Å². The average Bonchev–Trinajstić information content (AvgIpc) is 3.50. The van der Waals surface area contributed by atoms with E-state index in [4.69, 9.17) is 0 Å². The molecule has 2 aromatic heterocycles. The van der Waals surface area contributed by atoms with Crippen LogP contribution in [0, 0.1) is 0 Å². The second kappa shape index (κ2) is 8.69. The van der Waals surface area contributed by atoms with Crippen molar-refractivity contribution in [3.63, 3.8) is 0 Å². The van der Waals surface area contributed by atoms with Gasteiger partial charge in [0.1, 0.15) is 6.33 Å². The first-order valence-corrected chi connectivity index (χ1v) is 10.7. The summed E-state index contributed by atoms with van der Waals surface area (Å²) < 4.78 is 0. The summed E-state index contributed by atoms with van der Waals surface area (Å²) in [5, 5.41) is 21.9. The number of aromatic nitrogens is 5. The molecular formula is C23H25N7O. The van der Waals surface area contributed by atoms with E-state index in [-0.39, 0.29) is 5.91 Å². The molecule has 1 amide bonds. The fraction of sp³-hybridized carbons (Fsp3) is 0.304. The molecule has 1 aliphatic heterocycles. The Balaban J connectivity index is 1.34. The van der Waals surface area contributed by atoms with Gasteiger partial charge in [-0.05, 0) is 56.1 Å². The van der Waals surface area contributed by atoms with Crippen LogP contribution < -0.4 is 10.6 Å². The standard InChI is InChI=1S/C23H25N7O/c31-23(25-11-9-18-6-1-2-10-24-18)17-5-3-4-15(12-17)21-19-13-16(22-26-14-27-30-22)7-8-20(19)28-29-21/h3-5,7-8,12-14,18,24H,1-2,6,9-11H2,(H,25,31)(H,28,29)(H,26,27,30). The molecule has 1 atom stereocenters. The van der Waals surface area contributed by atoms with E-state index in [2.05, 4.69) is 36.0 Å². The fourth-order valence-corrected chi connectivity index (χ4v) is 4.17. The number of hydrogen-bond donors (Lipinski definition) is 4. The Labute approximate surface area is 179 Å². The van der Waals surface area contributed by atoms with Gasteiger partial charge in [0.15, 0.2) is 5.82 Å². The molecule has 3 heterocycles. The number of carbonyl (C=O) groups excluding carboxylic acids is 1. The van der Waals surface area contributed by atoms with Gasteiger partial charge in [-0.3, -0.25) is 15.0 Å². The quantitative estimate of drug-likeness (QED) is 0.386. The van der Waals surface area contributed by atoms with Gasteiger partial charge < -0.3 is 10.6 Å². The minimum absolute atomic E-state index is 0.0557. The number of aromatic amines is 2. The molecule has 8 heteroatoms. The number of benzene rings is 2. The summed E-state index contributed by atoms with van der Waals surface area (Å²) in [6, 6.07) is 14.1. The third-order valence-electron chi connectivity index (χ3n) is 5.84. The lowest BCUT2D eigenvalue weighted by molar-refractivity contribution is 0.0951. The SMILES string of the molecule is O=C(NCCC1CCCCN1)c1cccc(-c2n[nH]c3ccc(-c4ncn[nH]4)cc23)c1. The van der Waals surface area contributed by atoms with Crippen LogP contribution in [-0.2, 0) is 0 Å². The number of nitrogens with zero attached hydrogens (tertiary/aromatic N) is 3. The molecule has 0 aliphatic carbocycles. The first-order valence-electron chi connectivity index (χ1n) is 10.7. The van der Waals surface area contributed by atoms with Gasteiger partial charge in [-0.2, -0.15) is 10.2 Å². The third kappa shape index (κ3) is 4.20. The number of rotatable bonds is 6. The van der Waals surface area contributed by atoms with Gasteiger partial charge in [-0.1, -0.05) is 18.6 Å². The van der Waals surface area contributed by atoms with Gasteiger partial charge in [-0.15, -0.1) is 0 Å². The number of hydrogen-bond acceptors (Lipinski definition) is 5. The number of piperidine rings is 1. The largest absolute Gasteiger partial charge is 0.352 e. The summed E-state index contributed by atoms with van der Waals surface area (Å²) in [5.74, 6) is 0.648. The number of amides is 1. The first-order chi connectivity index (χ1) is 15.3. The van der Waals surface area contributed by atoms with E-state index < -0.39 is 0 Å². The van der Waals surface area contributed by atoms with E-state index in [1.807, 2.05) is 42.5 Å². The maximum absolute atomic E-state index is 12.7. The Morgan fingerprint density at radius 3 is 2.90 bits per heavy atom. The molecule has 1 saturated heterocycles. The van der Waals surface area contributed by atoms with Crippen LogP contribution >= 0.6 is 0 Å². The molecule has 1 fully saturated rings. The maximum atomic E-state index is 12.7.